The van der Waals surface area contributed by atoms with E-state index in [1.54, 1.807) is 6.08 Å². The Labute approximate surface area is 208 Å². The minimum atomic E-state index is -4.73. The van der Waals surface area contributed by atoms with Gasteiger partial charge in [-0.2, -0.15) is 0 Å². The number of hydrogen-bond acceptors (Lipinski definition) is 7. The number of esters is 2. The van der Waals surface area contributed by atoms with Crippen LogP contribution < -0.4 is 0 Å². The smallest absolute Gasteiger partial charge is 0.462 e. The Bertz CT molecular complexity index is 737. The Morgan fingerprint density at radius 3 is 2.34 bits per heavy atom. The lowest BCUT2D eigenvalue weighted by molar-refractivity contribution is -0.160. The van der Waals surface area contributed by atoms with Gasteiger partial charge < -0.3 is 24.4 Å². The van der Waals surface area contributed by atoms with Crippen LogP contribution in [0.2, 0.25) is 0 Å². The molecule has 0 radical (unpaired) electrons. The van der Waals surface area contributed by atoms with Crippen molar-refractivity contribution in [3.8, 4) is 0 Å². The molecule has 0 aromatic heterocycles. The number of unbranched alkanes of at least 4 members (excludes halogenated alkanes) is 4. The van der Waals surface area contributed by atoms with E-state index in [1.165, 1.54) is 26.2 Å². The third kappa shape index (κ3) is 24.9. The van der Waals surface area contributed by atoms with Crippen LogP contribution in [0.25, 0.3) is 0 Å². The van der Waals surface area contributed by atoms with Gasteiger partial charge >= 0.3 is 19.8 Å². The number of ether oxygens (including phenoxy) is 2. The van der Waals surface area contributed by atoms with Crippen LogP contribution in [0.1, 0.15) is 71.6 Å². The van der Waals surface area contributed by atoms with Crippen molar-refractivity contribution in [1.29, 1.82) is 0 Å². The molecule has 35 heavy (non-hydrogen) atoms. The summed E-state index contributed by atoms with van der Waals surface area (Å²) in [7, 11) is -4.73. The Morgan fingerprint density at radius 1 is 0.943 bits per heavy atom. The lowest BCUT2D eigenvalue weighted by Gasteiger charge is -2.17. The molecule has 0 bridgehead atoms. The van der Waals surface area contributed by atoms with E-state index in [-0.39, 0.29) is 13.0 Å². The molecule has 0 aromatic carbocycles. The highest BCUT2D eigenvalue weighted by Gasteiger charge is 2.22. The fourth-order valence-electron chi connectivity index (χ4n) is 2.70. The van der Waals surface area contributed by atoms with Gasteiger partial charge in [0.1, 0.15) is 6.61 Å². The third-order valence-electron chi connectivity index (χ3n) is 4.49. The molecule has 10 heteroatoms. The molecule has 0 saturated carbocycles. The monoisotopic (exact) mass is 516 g/mol. The van der Waals surface area contributed by atoms with Crippen LogP contribution in [0.4, 0.5) is 0 Å². The molecular weight excluding hydrogens is 475 g/mol. The van der Waals surface area contributed by atoms with Crippen LogP contribution in [0, 0.1) is 0 Å². The van der Waals surface area contributed by atoms with E-state index in [2.05, 4.69) is 17.5 Å². The molecule has 0 unspecified atom stereocenters. The number of hydrogen-bond donors (Lipinski definition) is 3. The van der Waals surface area contributed by atoms with Gasteiger partial charge in [0, 0.05) is 13.3 Å². The van der Waals surface area contributed by atoms with E-state index in [0.717, 1.165) is 6.42 Å². The molecule has 0 aromatic rings. The summed E-state index contributed by atoms with van der Waals surface area (Å²) >= 11 is 0. The molecule has 0 fully saturated rings. The number of aliphatic hydroxyl groups is 1. The van der Waals surface area contributed by atoms with Gasteiger partial charge in [0.15, 0.2) is 6.10 Å². The maximum atomic E-state index is 11.9. The van der Waals surface area contributed by atoms with Crippen molar-refractivity contribution < 1.29 is 43.0 Å². The number of rotatable bonds is 20. The predicted octanol–water partition coefficient (Wildman–Crippen LogP) is 4.69. The van der Waals surface area contributed by atoms with Crippen molar-refractivity contribution in [2.45, 2.75) is 83.8 Å². The molecule has 9 nitrogen and oxygen atoms in total. The summed E-state index contributed by atoms with van der Waals surface area (Å²) in [4.78, 5) is 40.4. The zero-order chi connectivity index (χ0) is 26.4. The van der Waals surface area contributed by atoms with Crippen LogP contribution in [0.15, 0.2) is 48.6 Å². The summed E-state index contributed by atoms with van der Waals surface area (Å²) in [5.41, 5.74) is 0. The average molecular weight is 517 g/mol. The van der Waals surface area contributed by atoms with Gasteiger partial charge in [-0.3, -0.25) is 14.1 Å². The largest absolute Gasteiger partial charge is 0.469 e. The van der Waals surface area contributed by atoms with Crippen LogP contribution >= 0.6 is 7.82 Å². The summed E-state index contributed by atoms with van der Waals surface area (Å²) in [6, 6.07) is 0. The first kappa shape index (κ1) is 33.0. The molecule has 3 N–H and O–H groups in total. The highest BCUT2D eigenvalue weighted by atomic mass is 31.2. The van der Waals surface area contributed by atoms with E-state index in [0.29, 0.717) is 25.7 Å². The zero-order valence-electron chi connectivity index (χ0n) is 20.8. The molecule has 0 aliphatic heterocycles. The minimum absolute atomic E-state index is 0.0976. The number of carbonyl (C=O) groups excluding carboxylic acids is 2. The number of aliphatic hydroxyl groups excluding tert-OH is 1. The van der Waals surface area contributed by atoms with E-state index in [9.17, 15) is 19.3 Å². The topological polar surface area (TPSA) is 140 Å². The van der Waals surface area contributed by atoms with Crippen LogP contribution in [-0.4, -0.2) is 52.3 Å². The van der Waals surface area contributed by atoms with E-state index < -0.39 is 38.6 Å². The fraction of sp³-hybridized carbons (Fsp3) is 0.600. The van der Waals surface area contributed by atoms with Gasteiger partial charge in [-0.15, -0.1) is 0 Å². The summed E-state index contributed by atoms with van der Waals surface area (Å²) < 4.78 is 25.0. The minimum Gasteiger partial charge on any atom is -0.462 e. The Kier molecular flexibility index (Phi) is 20.0. The predicted molar refractivity (Wildman–Crippen MR) is 134 cm³/mol. The lowest BCUT2D eigenvalue weighted by atomic mass is 10.1. The number of phosphoric ester groups is 1. The van der Waals surface area contributed by atoms with Crippen LogP contribution in [-0.2, 0) is 28.2 Å². The highest BCUT2D eigenvalue weighted by molar-refractivity contribution is 7.46. The SMILES string of the molecule is CCCCC/C=C\C[C@H](O)/C=C/C=C\C/C=C\CCCC(=O)O[C@H](COC(C)=O)COP(=O)(O)O. The molecular formula is C25H41O9P. The quantitative estimate of drug-likeness (QED) is 0.0691. The Balaban J connectivity index is 4.06. The van der Waals surface area contributed by atoms with Gasteiger partial charge in [-0.1, -0.05) is 68.4 Å². The van der Waals surface area contributed by atoms with Crippen molar-refractivity contribution in [2.75, 3.05) is 13.2 Å². The van der Waals surface area contributed by atoms with Gasteiger partial charge in [-0.05, 0) is 38.5 Å². The average Bonchev–Trinajstić information content (AvgIpc) is 2.78. The normalized spacial score (nSPS) is 14.3. The van der Waals surface area contributed by atoms with Gasteiger partial charge in [0.2, 0.25) is 0 Å². The first-order valence-electron chi connectivity index (χ1n) is 12.0. The molecule has 0 aliphatic carbocycles. The second-order valence-corrected chi connectivity index (χ2v) is 9.12. The summed E-state index contributed by atoms with van der Waals surface area (Å²) in [5, 5.41) is 9.88. The van der Waals surface area contributed by atoms with Gasteiger partial charge in [0.05, 0.1) is 12.7 Å². The van der Waals surface area contributed by atoms with Crippen molar-refractivity contribution >= 4 is 19.8 Å². The van der Waals surface area contributed by atoms with Crippen LogP contribution in [0.3, 0.4) is 0 Å². The molecule has 0 amide bonds. The summed E-state index contributed by atoms with van der Waals surface area (Å²) in [5.74, 6) is -1.19. The molecule has 0 spiro atoms. The van der Waals surface area contributed by atoms with Crippen molar-refractivity contribution in [3.05, 3.63) is 48.6 Å². The first-order valence-corrected chi connectivity index (χ1v) is 13.5. The molecule has 2 atom stereocenters. The summed E-state index contributed by atoms with van der Waals surface area (Å²) in [6.07, 6.45) is 21.1. The highest BCUT2D eigenvalue weighted by Crippen LogP contribution is 2.35. The van der Waals surface area contributed by atoms with Crippen molar-refractivity contribution in [2.24, 2.45) is 0 Å². The molecule has 0 rings (SSSR count). The van der Waals surface area contributed by atoms with Gasteiger partial charge in [0.25, 0.3) is 0 Å². The second-order valence-electron chi connectivity index (χ2n) is 7.88. The Morgan fingerprint density at radius 2 is 1.66 bits per heavy atom. The zero-order valence-corrected chi connectivity index (χ0v) is 21.7. The fourth-order valence-corrected chi connectivity index (χ4v) is 3.06. The maximum Gasteiger partial charge on any atom is 0.469 e. The molecule has 200 valence electrons. The Hall–Kier alpha value is -2.03. The lowest BCUT2D eigenvalue weighted by Crippen LogP contribution is -2.29. The first-order chi connectivity index (χ1) is 16.6. The summed E-state index contributed by atoms with van der Waals surface area (Å²) in [6.45, 7) is 2.40. The molecule has 0 heterocycles. The van der Waals surface area contributed by atoms with E-state index >= 15 is 0 Å². The van der Waals surface area contributed by atoms with E-state index in [4.69, 9.17) is 19.3 Å². The maximum absolute atomic E-state index is 11.9. The molecule has 0 aliphatic rings. The molecule has 0 saturated heterocycles. The number of carbonyl (C=O) groups is 2. The van der Waals surface area contributed by atoms with Gasteiger partial charge in [-0.25, -0.2) is 4.57 Å². The second kappa shape index (κ2) is 21.3. The number of allylic oxidation sites excluding steroid dienone is 6. The van der Waals surface area contributed by atoms with Crippen LogP contribution in [0.5, 0.6) is 0 Å². The van der Waals surface area contributed by atoms with Crippen molar-refractivity contribution in [1.82, 2.24) is 0 Å². The number of phosphoric acid groups is 1. The van der Waals surface area contributed by atoms with E-state index in [1.807, 2.05) is 36.5 Å². The van der Waals surface area contributed by atoms with Crippen molar-refractivity contribution in [3.63, 3.8) is 0 Å². The third-order valence-corrected chi connectivity index (χ3v) is 4.97. The standard InChI is InChI=1S/C25H41O9P/c1-3-4-5-6-11-14-17-23(27)18-15-12-9-7-8-10-13-16-19-25(28)34-24(20-32-22(2)26)21-33-35(29,30)31/h8-12,14-15,18,23-24,27H,3-7,13,16-17,19-21H2,1-2H3,(H2,29,30,31)/b10-8-,12-9-,14-11-,18-15+/t23-,24+/m0/s1.